The molecule has 0 aliphatic heterocycles. The highest BCUT2D eigenvalue weighted by Crippen LogP contribution is 2.30. The van der Waals surface area contributed by atoms with Crippen LogP contribution in [0.15, 0.2) is 47.1 Å². The van der Waals surface area contributed by atoms with Gasteiger partial charge < -0.3 is 5.32 Å². The number of aromatic nitrogens is 2. The zero-order chi connectivity index (χ0) is 14.1. The molecule has 100 valence electrons. The van der Waals surface area contributed by atoms with Crippen LogP contribution in [-0.2, 0) is 0 Å². The Labute approximate surface area is 126 Å². The molecule has 0 saturated heterocycles. The van der Waals surface area contributed by atoms with E-state index in [0.29, 0.717) is 0 Å². The summed E-state index contributed by atoms with van der Waals surface area (Å²) in [6.07, 6.45) is 1.80. The van der Waals surface area contributed by atoms with Crippen molar-refractivity contribution in [3.05, 3.63) is 58.3 Å². The second-order valence-electron chi connectivity index (χ2n) is 4.74. The molecular formula is C16H14BrN3. The lowest BCUT2D eigenvalue weighted by Crippen LogP contribution is -1.98. The SMILES string of the molecule is Cc1cc(Nc2nccc(C)c2Br)c2ccccc2n1. The number of fused-ring (bicyclic) bond motifs is 1. The van der Waals surface area contributed by atoms with Crippen molar-refractivity contribution in [2.75, 3.05) is 5.32 Å². The van der Waals surface area contributed by atoms with E-state index in [4.69, 9.17) is 0 Å². The van der Waals surface area contributed by atoms with Gasteiger partial charge in [0.15, 0.2) is 0 Å². The Hall–Kier alpha value is -1.94. The van der Waals surface area contributed by atoms with Gasteiger partial charge in [0.25, 0.3) is 0 Å². The van der Waals surface area contributed by atoms with E-state index in [1.54, 1.807) is 6.20 Å². The Kier molecular flexibility index (Phi) is 3.40. The molecule has 2 heterocycles. The third kappa shape index (κ3) is 2.39. The predicted molar refractivity (Wildman–Crippen MR) is 86.4 cm³/mol. The number of hydrogen-bond donors (Lipinski definition) is 1. The summed E-state index contributed by atoms with van der Waals surface area (Å²) in [5.41, 5.74) is 4.14. The number of nitrogens with zero attached hydrogens (tertiary/aromatic N) is 2. The van der Waals surface area contributed by atoms with Crippen LogP contribution in [0.2, 0.25) is 0 Å². The predicted octanol–water partition coefficient (Wildman–Crippen LogP) is 4.75. The van der Waals surface area contributed by atoms with E-state index >= 15 is 0 Å². The van der Waals surface area contributed by atoms with E-state index in [1.807, 2.05) is 44.2 Å². The molecule has 0 spiro atoms. The molecule has 4 heteroatoms. The molecule has 0 atom stereocenters. The standard InChI is InChI=1S/C16H14BrN3/c1-10-7-8-18-16(15(10)17)20-14-9-11(2)19-13-6-4-3-5-12(13)14/h3-9H,1-2H3,(H,18,19,20). The number of benzene rings is 1. The normalized spacial score (nSPS) is 10.8. The highest BCUT2D eigenvalue weighted by atomic mass is 79.9. The van der Waals surface area contributed by atoms with Gasteiger partial charge in [0.1, 0.15) is 5.82 Å². The number of pyridine rings is 2. The van der Waals surface area contributed by atoms with Gasteiger partial charge >= 0.3 is 0 Å². The molecule has 0 amide bonds. The zero-order valence-electron chi connectivity index (χ0n) is 11.3. The molecule has 1 N–H and O–H groups in total. The van der Waals surface area contributed by atoms with Gasteiger partial charge in [-0.05, 0) is 53.5 Å². The quantitative estimate of drug-likeness (QED) is 0.737. The van der Waals surface area contributed by atoms with E-state index in [-0.39, 0.29) is 0 Å². The summed E-state index contributed by atoms with van der Waals surface area (Å²) in [4.78, 5) is 8.94. The summed E-state index contributed by atoms with van der Waals surface area (Å²) < 4.78 is 0.985. The van der Waals surface area contributed by atoms with Gasteiger partial charge in [0, 0.05) is 17.3 Å². The molecule has 3 aromatic rings. The Bertz CT molecular complexity index is 784. The first-order valence-electron chi connectivity index (χ1n) is 6.39. The zero-order valence-corrected chi connectivity index (χ0v) is 12.9. The van der Waals surface area contributed by atoms with Crippen molar-refractivity contribution < 1.29 is 0 Å². The van der Waals surface area contributed by atoms with Crippen molar-refractivity contribution in [3.8, 4) is 0 Å². The Morgan fingerprint density at radius 3 is 2.75 bits per heavy atom. The molecule has 0 aliphatic rings. The number of anilines is 2. The lowest BCUT2D eigenvalue weighted by molar-refractivity contribution is 1.23. The van der Waals surface area contributed by atoms with Gasteiger partial charge in [-0.1, -0.05) is 18.2 Å². The smallest absolute Gasteiger partial charge is 0.144 e. The van der Waals surface area contributed by atoms with Crippen LogP contribution in [0.1, 0.15) is 11.3 Å². The summed E-state index contributed by atoms with van der Waals surface area (Å²) >= 11 is 3.58. The Balaban J connectivity index is 2.13. The molecular weight excluding hydrogens is 314 g/mol. The second-order valence-corrected chi connectivity index (χ2v) is 5.54. The van der Waals surface area contributed by atoms with Crippen LogP contribution in [0.4, 0.5) is 11.5 Å². The first kappa shape index (κ1) is 13.1. The third-order valence-corrected chi connectivity index (χ3v) is 4.18. The van der Waals surface area contributed by atoms with E-state index in [1.165, 1.54) is 0 Å². The van der Waals surface area contributed by atoms with Crippen molar-refractivity contribution in [1.29, 1.82) is 0 Å². The number of nitrogens with one attached hydrogen (secondary N) is 1. The van der Waals surface area contributed by atoms with Crippen LogP contribution in [0, 0.1) is 13.8 Å². The van der Waals surface area contributed by atoms with Gasteiger partial charge in [0.05, 0.1) is 15.7 Å². The molecule has 0 radical (unpaired) electrons. The number of halogens is 1. The molecule has 0 fully saturated rings. The van der Waals surface area contributed by atoms with E-state index < -0.39 is 0 Å². The maximum absolute atomic E-state index is 4.55. The van der Waals surface area contributed by atoms with Crippen LogP contribution in [0.3, 0.4) is 0 Å². The van der Waals surface area contributed by atoms with Gasteiger partial charge in [-0.15, -0.1) is 0 Å². The minimum atomic E-state index is 0.820. The molecule has 2 aromatic heterocycles. The molecule has 0 unspecified atom stereocenters. The van der Waals surface area contributed by atoms with Crippen molar-refractivity contribution in [3.63, 3.8) is 0 Å². The molecule has 20 heavy (non-hydrogen) atoms. The summed E-state index contributed by atoms with van der Waals surface area (Å²) in [5.74, 6) is 0.820. The van der Waals surface area contributed by atoms with Crippen molar-refractivity contribution in [2.24, 2.45) is 0 Å². The largest absolute Gasteiger partial charge is 0.339 e. The monoisotopic (exact) mass is 327 g/mol. The minimum absolute atomic E-state index is 0.820. The third-order valence-electron chi connectivity index (χ3n) is 3.18. The van der Waals surface area contributed by atoms with Crippen LogP contribution in [0.5, 0.6) is 0 Å². The molecule has 3 rings (SSSR count). The van der Waals surface area contributed by atoms with E-state index in [9.17, 15) is 0 Å². The molecule has 0 saturated carbocycles. The maximum atomic E-state index is 4.55. The minimum Gasteiger partial charge on any atom is -0.339 e. The van der Waals surface area contributed by atoms with Crippen LogP contribution >= 0.6 is 15.9 Å². The van der Waals surface area contributed by atoms with Gasteiger partial charge in [0.2, 0.25) is 0 Å². The Morgan fingerprint density at radius 2 is 1.90 bits per heavy atom. The molecule has 0 bridgehead atoms. The van der Waals surface area contributed by atoms with Crippen molar-refractivity contribution in [2.45, 2.75) is 13.8 Å². The fraction of sp³-hybridized carbons (Fsp3) is 0.125. The summed E-state index contributed by atoms with van der Waals surface area (Å²) in [6.45, 7) is 4.04. The number of rotatable bonds is 2. The first-order valence-corrected chi connectivity index (χ1v) is 7.19. The molecule has 1 aromatic carbocycles. The number of para-hydroxylation sites is 1. The average molecular weight is 328 g/mol. The summed E-state index contributed by atoms with van der Waals surface area (Å²) in [7, 11) is 0. The van der Waals surface area contributed by atoms with Gasteiger partial charge in [-0.25, -0.2) is 4.98 Å². The van der Waals surface area contributed by atoms with Crippen molar-refractivity contribution in [1.82, 2.24) is 9.97 Å². The molecule has 3 nitrogen and oxygen atoms in total. The summed E-state index contributed by atoms with van der Waals surface area (Å²) in [6, 6.07) is 12.1. The van der Waals surface area contributed by atoms with Gasteiger partial charge in [-0.2, -0.15) is 0 Å². The lowest BCUT2D eigenvalue weighted by Gasteiger charge is -2.12. The average Bonchev–Trinajstić information content (AvgIpc) is 2.43. The van der Waals surface area contributed by atoms with Crippen LogP contribution < -0.4 is 5.32 Å². The second kappa shape index (κ2) is 5.21. The Morgan fingerprint density at radius 1 is 1.10 bits per heavy atom. The number of aryl methyl sites for hydroxylation is 2. The van der Waals surface area contributed by atoms with Crippen LogP contribution in [0.25, 0.3) is 10.9 Å². The fourth-order valence-corrected chi connectivity index (χ4v) is 2.50. The summed E-state index contributed by atoms with van der Waals surface area (Å²) in [5, 5.41) is 4.49. The van der Waals surface area contributed by atoms with E-state index in [0.717, 1.165) is 38.1 Å². The highest BCUT2D eigenvalue weighted by Gasteiger charge is 2.08. The van der Waals surface area contributed by atoms with Gasteiger partial charge in [-0.3, -0.25) is 4.98 Å². The number of hydrogen-bond acceptors (Lipinski definition) is 3. The topological polar surface area (TPSA) is 37.8 Å². The lowest BCUT2D eigenvalue weighted by atomic mass is 10.1. The van der Waals surface area contributed by atoms with E-state index in [2.05, 4.69) is 37.3 Å². The maximum Gasteiger partial charge on any atom is 0.144 e. The van der Waals surface area contributed by atoms with Crippen molar-refractivity contribution >= 4 is 38.3 Å². The fourth-order valence-electron chi connectivity index (χ4n) is 2.17. The molecule has 0 aliphatic carbocycles. The highest BCUT2D eigenvalue weighted by molar-refractivity contribution is 9.10. The first-order chi connectivity index (χ1) is 9.65. The van der Waals surface area contributed by atoms with Crippen LogP contribution in [-0.4, -0.2) is 9.97 Å².